The Bertz CT molecular complexity index is 1310. The molecule has 0 radical (unpaired) electrons. The maximum Gasteiger partial charge on any atom is 0.407 e. The molecule has 6 N–H and O–H groups in total. The van der Waals surface area contributed by atoms with Gasteiger partial charge in [-0.15, -0.1) is 0 Å². The van der Waals surface area contributed by atoms with Gasteiger partial charge in [0.15, 0.2) is 0 Å². The topological polar surface area (TPSA) is 145 Å². The molecule has 0 spiro atoms. The molecule has 1 saturated carbocycles. The van der Waals surface area contributed by atoms with E-state index in [1.807, 2.05) is 57.2 Å². The van der Waals surface area contributed by atoms with Crippen molar-refractivity contribution in [2.75, 3.05) is 18.8 Å². The van der Waals surface area contributed by atoms with Crippen LogP contribution in [0.1, 0.15) is 62.4 Å². The maximum atomic E-state index is 13.3. The van der Waals surface area contributed by atoms with Crippen molar-refractivity contribution >= 4 is 17.8 Å². The van der Waals surface area contributed by atoms with Gasteiger partial charge in [-0.2, -0.15) is 0 Å². The first-order chi connectivity index (χ1) is 19.1. The molecule has 2 amide bonds. The number of alkyl carbamates (subject to hydrolysis) is 1. The molecule has 3 aromatic rings. The average molecular weight is 545 g/mol. The van der Waals surface area contributed by atoms with E-state index in [4.69, 9.17) is 21.2 Å². The third-order valence-electron chi connectivity index (χ3n) is 7.08. The van der Waals surface area contributed by atoms with Crippen LogP contribution in [-0.4, -0.2) is 40.7 Å². The predicted octanol–water partition coefficient (Wildman–Crippen LogP) is 4.91. The smallest absolute Gasteiger partial charge is 0.407 e. The number of pyridine rings is 2. The van der Waals surface area contributed by atoms with Gasteiger partial charge in [0.05, 0.1) is 11.4 Å². The molecule has 0 aliphatic heterocycles. The fourth-order valence-corrected chi connectivity index (χ4v) is 4.89. The van der Waals surface area contributed by atoms with Crippen molar-refractivity contribution in [3.8, 4) is 22.5 Å². The Hall–Kier alpha value is -3.98. The molecule has 9 nitrogen and oxygen atoms in total. The molecule has 212 valence electrons. The summed E-state index contributed by atoms with van der Waals surface area (Å²) in [7, 11) is 0. The number of nitrogens with two attached hydrogens (primary N) is 2. The van der Waals surface area contributed by atoms with Gasteiger partial charge in [0.2, 0.25) is 0 Å². The number of aromatic nitrogens is 2. The van der Waals surface area contributed by atoms with Crippen LogP contribution in [0, 0.1) is 11.8 Å². The lowest BCUT2D eigenvalue weighted by molar-refractivity contribution is 0.0512. The first-order valence-corrected chi connectivity index (χ1v) is 13.9. The summed E-state index contributed by atoms with van der Waals surface area (Å²) >= 11 is 0. The molecule has 4 rings (SSSR count). The highest BCUT2D eigenvalue weighted by Crippen LogP contribution is 2.29. The van der Waals surface area contributed by atoms with Crippen molar-refractivity contribution in [3.63, 3.8) is 0 Å². The highest BCUT2D eigenvalue weighted by molar-refractivity contribution is 5.96. The maximum absolute atomic E-state index is 13.3. The van der Waals surface area contributed by atoms with Crippen molar-refractivity contribution < 1.29 is 14.3 Å². The molecule has 1 aliphatic carbocycles. The molecule has 0 bridgehead atoms. The minimum atomic E-state index is -0.503. The van der Waals surface area contributed by atoms with Gasteiger partial charge in [-0.25, -0.2) is 14.8 Å². The van der Waals surface area contributed by atoms with Crippen LogP contribution in [0.4, 0.5) is 10.6 Å². The minimum Gasteiger partial charge on any atom is -0.444 e. The highest BCUT2D eigenvalue weighted by Gasteiger charge is 2.24. The van der Waals surface area contributed by atoms with E-state index >= 15 is 0 Å². The Morgan fingerprint density at radius 3 is 2.17 bits per heavy atom. The Morgan fingerprint density at radius 2 is 1.57 bits per heavy atom. The molecule has 9 heteroatoms. The van der Waals surface area contributed by atoms with Crippen molar-refractivity contribution in [2.24, 2.45) is 17.6 Å². The number of nitrogens with zero attached hydrogens (tertiary/aromatic N) is 2. The third kappa shape index (κ3) is 8.26. The van der Waals surface area contributed by atoms with Gasteiger partial charge in [-0.1, -0.05) is 18.2 Å². The monoisotopic (exact) mass is 544 g/mol. The molecule has 0 atom stereocenters. The van der Waals surface area contributed by atoms with Crippen molar-refractivity contribution in [1.82, 2.24) is 20.6 Å². The van der Waals surface area contributed by atoms with Gasteiger partial charge >= 0.3 is 6.09 Å². The van der Waals surface area contributed by atoms with Crippen LogP contribution in [0.3, 0.4) is 0 Å². The van der Waals surface area contributed by atoms with Crippen LogP contribution in [0.2, 0.25) is 0 Å². The van der Waals surface area contributed by atoms with Crippen molar-refractivity contribution in [2.45, 2.75) is 58.6 Å². The summed E-state index contributed by atoms with van der Waals surface area (Å²) in [6, 6.07) is 15.0. The first kappa shape index (κ1) is 29.0. The van der Waals surface area contributed by atoms with Gasteiger partial charge in [-0.05, 0) is 94.2 Å². The molecule has 1 aromatic carbocycles. The van der Waals surface area contributed by atoms with Crippen LogP contribution in [0.25, 0.3) is 22.5 Å². The highest BCUT2D eigenvalue weighted by atomic mass is 16.6. The second kappa shape index (κ2) is 12.9. The first-order valence-electron chi connectivity index (χ1n) is 13.9. The van der Waals surface area contributed by atoms with Gasteiger partial charge in [0.25, 0.3) is 5.91 Å². The fourth-order valence-electron chi connectivity index (χ4n) is 4.89. The van der Waals surface area contributed by atoms with Gasteiger partial charge in [0.1, 0.15) is 11.4 Å². The average Bonchev–Trinajstić information content (AvgIpc) is 2.94. The number of nitrogens with one attached hydrogen (secondary N) is 2. The van der Waals surface area contributed by atoms with Gasteiger partial charge < -0.3 is 26.8 Å². The Morgan fingerprint density at radius 1 is 0.925 bits per heavy atom. The molecule has 1 aliphatic rings. The summed E-state index contributed by atoms with van der Waals surface area (Å²) < 4.78 is 5.33. The second-order valence-electron chi connectivity index (χ2n) is 11.5. The molecule has 1 fully saturated rings. The number of nitrogen functional groups attached to an aromatic ring is 1. The number of rotatable bonds is 8. The van der Waals surface area contributed by atoms with Crippen LogP contribution in [-0.2, 0) is 11.3 Å². The van der Waals surface area contributed by atoms with E-state index in [1.54, 1.807) is 18.3 Å². The molecular weight excluding hydrogens is 504 g/mol. The number of carbonyl (C=O) groups is 2. The summed E-state index contributed by atoms with van der Waals surface area (Å²) in [6.07, 6.45) is 5.29. The fraction of sp³-hybridized carbons (Fsp3) is 0.419. The number of hydrogen-bond donors (Lipinski definition) is 4. The van der Waals surface area contributed by atoms with E-state index in [1.165, 1.54) is 0 Å². The molecule has 2 heterocycles. The zero-order chi connectivity index (χ0) is 28.7. The zero-order valence-corrected chi connectivity index (χ0v) is 23.6. The summed E-state index contributed by atoms with van der Waals surface area (Å²) in [5, 5.41) is 6.02. The number of carbonyl (C=O) groups excluding carboxylic acids is 2. The van der Waals surface area contributed by atoms with E-state index < -0.39 is 5.60 Å². The van der Waals surface area contributed by atoms with Gasteiger partial charge in [-0.3, -0.25) is 4.79 Å². The van der Waals surface area contributed by atoms with E-state index in [2.05, 4.69) is 15.6 Å². The summed E-state index contributed by atoms with van der Waals surface area (Å²) in [4.78, 5) is 34.3. The number of hydrogen-bond acceptors (Lipinski definition) is 7. The lowest BCUT2D eigenvalue weighted by atomic mass is 9.82. The molecule has 2 aromatic heterocycles. The molecule has 40 heavy (non-hydrogen) atoms. The Balaban J connectivity index is 1.40. The quantitative estimate of drug-likeness (QED) is 0.315. The van der Waals surface area contributed by atoms with Crippen molar-refractivity contribution in [1.29, 1.82) is 0 Å². The Kier molecular flexibility index (Phi) is 9.37. The standard InChI is InChI=1S/C31H40N6O3/c1-31(2,3)40-30(39)36-18-21-9-7-20(8-10-21)17-35-29(38)25-14-26(23-6-4-5-22(13-23)16-32)37-27(15-25)24-11-12-28(33)34-19-24/h4-6,11-15,19-21H,7-10,16-18,32H2,1-3H3,(H2,33,34)(H,35,38)(H,36,39)/t20-,21-. The number of benzene rings is 1. The summed E-state index contributed by atoms with van der Waals surface area (Å²) in [5.74, 6) is 1.09. The minimum absolute atomic E-state index is 0.142. The van der Waals surface area contributed by atoms with Crippen LogP contribution in [0.15, 0.2) is 54.7 Å². The van der Waals surface area contributed by atoms with Crippen molar-refractivity contribution in [3.05, 3.63) is 65.9 Å². The normalized spacial score (nSPS) is 17.2. The number of ether oxygens (including phenoxy) is 1. The third-order valence-corrected chi connectivity index (χ3v) is 7.08. The SMILES string of the molecule is CC(C)(C)OC(=O)NC[C@H]1CC[C@H](CNC(=O)c2cc(-c3ccc(N)nc3)nc(-c3cccc(CN)c3)c2)CC1. The van der Waals surface area contributed by atoms with E-state index in [0.29, 0.717) is 54.2 Å². The lowest BCUT2D eigenvalue weighted by Gasteiger charge is -2.29. The molecular formula is C31H40N6O3. The van der Waals surface area contributed by atoms with Crippen LogP contribution >= 0.6 is 0 Å². The Labute approximate surface area is 236 Å². The summed E-state index contributed by atoms with van der Waals surface area (Å²) in [5.41, 5.74) is 15.6. The zero-order valence-electron chi connectivity index (χ0n) is 23.6. The molecule has 0 unspecified atom stereocenters. The second-order valence-corrected chi connectivity index (χ2v) is 11.5. The van der Waals surface area contributed by atoms with Crippen LogP contribution in [0.5, 0.6) is 0 Å². The number of anilines is 1. The molecule has 0 saturated heterocycles. The van der Waals surface area contributed by atoms with Gasteiger partial charge in [0, 0.05) is 42.5 Å². The van der Waals surface area contributed by atoms with E-state index in [-0.39, 0.29) is 12.0 Å². The number of amides is 2. The van der Waals surface area contributed by atoms with E-state index in [9.17, 15) is 9.59 Å². The largest absolute Gasteiger partial charge is 0.444 e. The van der Waals surface area contributed by atoms with E-state index in [0.717, 1.165) is 42.4 Å². The predicted molar refractivity (Wildman–Crippen MR) is 157 cm³/mol. The summed E-state index contributed by atoms with van der Waals surface area (Å²) in [6.45, 7) is 7.20. The van der Waals surface area contributed by atoms with Crippen LogP contribution < -0.4 is 22.1 Å². The lowest BCUT2D eigenvalue weighted by Crippen LogP contribution is -2.37.